The van der Waals surface area contributed by atoms with Gasteiger partial charge in [-0.25, -0.2) is 4.98 Å². The van der Waals surface area contributed by atoms with Crippen LogP contribution in [0.4, 0.5) is 5.69 Å². The van der Waals surface area contributed by atoms with Crippen LogP contribution in [0.25, 0.3) is 0 Å². The molecule has 0 fully saturated rings. The summed E-state index contributed by atoms with van der Waals surface area (Å²) < 4.78 is 12.5. The van der Waals surface area contributed by atoms with Crippen molar-refractivity contribution < 1.29 is 14.3 Å². The molecule has 2 aromatic rings. The lowest BCUT2D eigenvalue weighted by atomic mass is 10.2. The van der Waals surface area contributed by atoms with E-state index in [1.165, 1.54) is 16.3 Å². The van der Waals surface area contributed by atoms with Crippen LogP contribution in [0.2, 0.25) is 0 Å². The number of aromatic nitrogens is 2. The molecular weight excluding hydrogens is 386 g/mol. The van der Waals surface area contributed by atoms with Crippen LogP contribution >= 0.6 is 23.5 Å². The summed E-state index contributed by atoms with van der Waals surface area (Å²) in [5.41, 5.74) is 1.44. The summed E-state index contributed by atoms with van der Waals surface area (Å²) in [6.45, 7) is 3.10. The zero-order chi connectivity index (χ0) is 19.0. The van der Waals surface area contributed by atoms with Crippen LogP contribution < -0.4 is 20.3 Å². The Kier molecular flexibility index (Phi) is 5.05. The number of benzene rings is 1. The molecule has 9 heteroatoms. The van der Waals surface area contributed by atoms with Crippen molar-refractivity contribution in [2.24, 2.45) is 7.05 Å². The highest BCUT2D eigenvalue weighted by Gasteiger charge is 2.25. The Hall–Kier alpha value is -2.13. The smallest absolute Gasteiger partial charge is 0.267 e. The van der Waals surface area contributed by atoms with E-state index in [4.69, 9.17) is 9.47 Å². The Morgan fingerprint density at radius 1 is 1.37 bits per heavy atom. The number of thioether (sulfide) groups is 2. The Balaban J connectivity index is 1.42. The van der Waals surface area contributed by atoms with Gasteiger partial charge in [-0.15, -0.1) is 11.8 Å². The third-order valence-corrected chi connectivity index (χ3v) is 6.48. The van der Waals surface area contributed by atoms with Crippen molar-refractivity contribution in [2.75, 3.05) is 24.3 Å². The third kappa shape index (κ3) is 3.79. The number of nitrogens with zero attached hydrogens (tertiary/aromatic N) is 2. The molecule has 0 saturated heterocycles. The lowest BCUT2D eigenvalue weighted by Crippen LogP contribution is -2.23. The normalized spacial score (nSPS) is 17.5. The first-order valence-electron chi connectivity index (χ1n) is 8.60. The highest BCUT2D eigenvalue weighted by atomic mass is 32.2. The summed E-state index contributed by atoms with van der Waals surface area (Å²) in [6, 6.07) is 5.30. The summed E-state index contributed by atoms with van der Waals surface area (Å²) in [6.07, 6.45) is 0.785. The predicted octanol–water partition coefficient (Wildman–Crippen LogP) is 2.32. The van der Waals surface area contributed by atoms with Gasteiger partial charge in [0, 0.05) is 30.5 Å². The Bertz CT molecular complexity index is 960. The standard InChI is InChI=1S/C18H19N3O4S2/c1-10-7-12-16(27-10)17(23)21(2)18(20-12)26-9-15(22)19-11-3-4-13-14(8-11)25-6-5-24-13/h3-4,8,10H,5-7,9H2,1-2H3,(H,19,22)/t10-/m1/s1. The second kappa shape index (κ2) is 7.47. The van der Waals surface area contributed by atoms with Crippen LogP contribution in [0, 0.1) is 0 Å². The molecule has 4 rings (SSSR count). The van der Waals surface area contributed by atoms with Crippen molar-refractivity contribution in [3.63, 3.8) is 0 Å². The van der Waals surface area contributed by atoms with Crippen molar-refractivity contribution in [3.8, 4) is 11.5 Å². The Morgan fingerprint density at radius 3 is 2.96 bits per heavy atom. The van der Waals surface area contributed by atoms with Crippen LogP contribution in [0.15, 0.2) is 33.0 Å². The quantitative estimate of drug-likeness (QED) is 0.617. The average Bonchev–Trinajstić information content (AvgIpc) is 3.04. The number of anilines is 1. The molecule has 3 heterocycles. The summed E-state index contributed by atoms with van der Waals surface area (Å²) in [7, 11) is 1.69. The van der Waals surface area contributed by atoms with Gasteiger partial charge in [0.25, 0.3) is 5.56 Å². The maximum Gasteiger partial charge on any atom is 0.267 e. The molecule has 0 radical (unpaired) electrons. The second-order valence-electron chi connectivity index (χ2n) is 6.36. The summed E-state index contributed by atoms with van der Waals surface area (Å²) in [5.74, 6) is 1.30. The van der Waals surface area contributed by atoms with E-state index >= 15 is 0 Å². The average molecular weight is 406 g/mol. The first-order chi connectivity index (χ1) is 13.0. The molecule has 7 nitrogen and oxygen atoms in total. The molecule has 0 spiro atoms. The lowest BCUT2D eigenvalue weighted by molar-refractivity contribution is -0.113. The summed E-state index contributed by atoms with van der Waals surface area (Å²) in [4.78, 5) is 30.1. The molecule has 0 bridgehead atoms. The fourth-order valence-corrected chi connectivity index (χ4v) is 4.88. The van der Waals surface area contributed by atoms with E-state index in [1.54, 1.807) is 37.0 Å². The van der Waals surface area contributed by atoms with Crippen LogP contribution in [0.5, 0.6) is 11.5 Å². The number of hydrogen-bond acceptors (Lipinski definition) is 7. The monoisotopic (exact) mass is 405 g/mol. The summed E-state index contributed by atoms with van der Waals surface area (Å²) >= 11 is 2.83. The highest BCUT2D eigenvalue weighted by molar-refractivity contribution is 8.00. The molecule has 0 saturated carbocycles. The fraction of sp³-hybridized carbons (Fsp3) is 0.389. The van der Waals surface area contributed by atoms with Gasteiger partial charge in [-0.3, -0.25) is 14.2 Å². The van der Waals surface area contributed by atoms with Gasteiger partial charge in [0.1, 0.15) is 13.2 Å². The van der Waals surface area contributed by atoms with Crippen molar-refractivity contribution in [1.82, 2.24) is 9.55 Å². The largest absolute Gasteiger partial charge is 0.486 e. The van der Waals surface area contributed by atoms with E-state index < -0.39 is 0 Å². The van der Waals surface area contributed by atoms with Gasteiger partial charge in [-0.2, -0.15) is 0 Å². The number of carbonyl (C=O) groups excluding carboxylic acids is 1. The van der Waals surface area contributed by atoms with E-state index in [-0.39, 0.29) is 17.2 Å². The molecule has 2 aliphatic heterocycles. The minimum atomic E-state index is -0.172. The Morgan fingerprint density at radius 2 is 2.15 bits per heavy atom. The number of rotatable bonds is 4. The molecule has 1 atom stereocenters. The number of ether oxygens (including phenoxy) is 2. The third-order valence-electron chi connectivity index (χ3n) is 4.24. The van der Waals surface area contributed by atoms with Gasteiger partial charge in [-0.05, 0) is 12.1 Å². The SMILES string of the molecule is C[C@@H]1Cc2nc(SCC(=O)Nc3ccc4c(c3)OCCO4)n(C)c(=O)c2S1. The van der Waals surface area contributed by atoms with E-state index in [0.29, 0.717) is 40.8 Å². The van der Waals surface area contributed by atoms with E-state index in [0.717, 1.165) is 17.0 Å². The predicted molar refractivity (Wildman–Crippen MR) is 105 cm³/mol. The van der Waals surface area contributed by atoms with Crippen molar-refractivity contribution in [1.29, 1.82) is 0 Å². The van der Waals surface area contributed by atoms with Crippen LogP contribution in [-0.2, 0) is 18.3 Å². The molecule has 0 aliphatic carbocycles. The van der Waals surface area contributed by atoms with Crippen molar-refractivity contribution in [2.45, 2.75) is 28.6 Å². The van der Waals surface area contributed by atoms with Gasteiger partial charge < -0.3 is 14.8 Å². The zero-order valence-electron chi connectivity index (χ0n) is 15.0. The minimum absolute atomic E-state index is 0.0379. The van der Waals surface area contributed by atoms with E-state index in [2.05, 4.69) is 17.2 Å². The van der Waals surface area contributed by atoms with Crippen molar-refractivity contribution >= 4 is 35.1 Å². The van der Waals surface area contributed by atoms with Gasteiger partial charge in [-0.1, -0.05) is 18.7 Å². The van der Waals surface area contributed by atoms with Gasteiger partial charge in [0.15, 0.2) is 16.7 Å². The number of hydrogen-bond donors (Lipinski definition) is 1. The van der Waals surface area contributed by atoms with E-state index in [9.17, 15) is 9.59 Å². The van der Waals surface area contributed by atoms with Crippen molar-refractivity contribution in [3.05, 3.63) is 34.2 Å². The lowest BCUT2D eigenvalue weighted by Gasteiger charge is -2.19. The van der Waals surface area contributed by atoms with Gasteiger partial charge in [0.05, 0.1) is 16.3 Å². The molecule has 142 valence electrons. The Labute approximate surface area is 164 Å². The number of nitrogens with one attached hydrogen (secondary N) is 1. The van der Waals surface area contributed by atoms with Gasteiger partial charge in [0.2, 0.25) is 5.91 Å². The molecule has 0 unspecified atom stereocenters. The molecule has 1 N–H and O–H groups in total. The topological polar surface area (TPSA) is 82.4 Å². The molecule has 2 aliphatic rings. The molecule has 27 heavy (non-hydrogen) atoms. The van der Waals surface area contributed by atoms with Gasteiger partial charge >= 0.3 is 0 Å². The molecular formula is C18H19N3O4S2. The van der Waals surface area contributed by atoms with E-state index in [1.807, 2.05) is 0 Å². The maximum atomic E-state index is 12.5. The number of carbonyl (C=O) groups is 1. The summed E-state index contributed by atoms with van der Waals surface area (Å²) in [5, 5.41) is 3.76. The first-order valence-corrected chi connectivity index (χ1v) is 10.5. The fourth-order valence-electron chi connectivity index (χ4n) is 2.95. The van der Waals surface area contributed by atoms with Crippen LogP contribution in [-0.4, -0.2) is 39.7 Å². The minimum Gasteiger partial charge on any atom is -0.486 e. The number of amides is 1. The second-order valence-corrected chi connectivity index (χ2v) is 8.75. The maximum absolute atomic E-state index is 12.5. The molecule has 1 aromatic carbocycles. The van der Waals surface area contributed by atoms with Crippen LogP contribution in [0.3, 0.4) is 0 Å². The highest BCUT2D eigenvalue weighted by Crippen LogP contribution is 2.34. The zero-order valence-corrected chi connectivity index (χ0v) is 16.6. The molecule has 1 aromatic heterocycles. The first kappa shape index (κ1) is 18.2. The van der Waals surface area contributed by atoms with Crippen LogP contribution in [0.1, 0.15) is 12.6 Å². The molecule has 1 amide bonds. The number of fused-ring (bicyclic) bond motifs is 2.